The molecule has 5 heteroatoms. The molecule has 2 saturated heterocycles. The second-order valence-electron chi connectivity index (χ2n) is 14.5. The summed E-state index contributed by atoms with van der Waals surface area (Å²) >= 11 is 0. The summed E-state index contributed by atoms with van der Waals surface area (Å²) in [5.41, 5.74) is 0.326. The van der Waals surface area contributed by atoms with Gasteiger partial charge in [0.25, 0.3) is 0 Å². The van der Waals surface area contributed by atoms with Crippen LogP contribution in [0, 0.1) is 52.3 Å². The van der Waals surface area contributed by atoms with E-state index in [2.05, 4.69) is 32.6 Å². The van der Waals surface area contributed by atoms with Crippen LogP contribution in [0.5, 0.6) is 0 Å². The van der Waals surface area contributed by atoms with Crippen LogP contribution < -0.4 is 0 Å². The third-order valence-electron chi connectivity index (χ3n) is 13.0. The lowest BCUT2D eigenvalue weighted by molar-refractivity contribution is -0.201. The highest BCUT2D eigenvalue weighted by Crippen LogP contribution is 2.71. The fourth-order valence-corrected chi connectivity index (χ4v) is 11.4. The summed E-state index contributed by atoms with van der Waals surface area (Å²) < 4.78 is 12.8. The molecule has 4 saturated carbocycles. The van der Waals surface area contributed by atoms with Crippen molar-refractivity contribution in [3.8, 4) is 0 Å². The number of ether oxygens (including phenoxy) is 2. The van der Waals surface area contributed by atoms with Gasteiger partial charge < -0.3 is 14.4 Å². The predicted octanol–water partition coefficient (Wildman–Crippen LogP) is 6.20. The van der Waals surface area contributed by atoms with Gasteiger partial charge in [-0.05, 0) is 111 Å². The maximum absolute atomic E-state index is 12.8. The van der Waals surface area contributed by atoms with Gasteiger partial charge in [0.2, 0.25) is 5.91 Å². The Morgan fingerprint density at radius 2 is 1.64 bits per heavy atom. The minimum atomic E-state index is -0.378. The highest BCUT2D eigenvalue weighted by molar-refractivity contribution is 5.74. The number of piperidine rings is 1. The van der Waals surface area contributed by atoms with Gasteiger partial charge in [0.15, 0.2) is 0 Å². The predicted molar refractivity (Wildman–Crippen MR) is 139 cm³/mol. The molecule has 0 unspecified atom stereocenters. The fourth-order valence-electron chi connectivity index (χ4n) is 11.4. The Bertz CT molecular complexity index is 920. The van der Waals surface area contributed by atoms with Crippen LogP contribution in [0.1, 0.15) is 106 Å². The van der Waals surface area contributed by atoms with E-state index in [-0.39, 0.29) is 23.7 Å². The van der Waals surface area contributed by atoms with Crippen LogP contribution >= 0.6 is 0 Å². The summed E-state index contributed by atoms with van der Waals surface area (Å²) in [4.78, 5) is 26.5. The Labute approximate surface area is 218 Å². The molecule has 202 valence electrons. The maximum atomic E-state index is 12.8. The molecule has 0 aromatic rings. The van der Waals surface area contributed by atoms with E-state index in [9.17, 15) is 9.59 Å². The first-order valence-corrected chi connectivity index (χ1v) is 15.1. The number of hydrogen-bond acceptors (Lipinski definition) is 4. The smallest absolute Gasteiger partial charge is 0.302 e. The van der Waals surface area contributed by atoms with E-state index < -0.39 is 0 Å². The number of likely N-dealkylation sites (tertiary alicyclic amines) is 1. The van der Waals surface area contributed by atoms with E-state index in [0.717, 1.165) is 50.0 Å². The van der Waals surface area contributed by atoms with E-state index >= 15 is 0 Å². The van der Waals surface area contributed by atoms with Crippen LogP contribution in [-0.4, -0.2) is 41.3 Å². The Balaban J connectivity index is 1.23. The standard InChI is InChI=1S/C31H49NO4/c1-18-9-14-31(32(17-18)20(3)33)19(2)28-27(36-31)16-26-24-8-7-22-15-23(35-21(4)34)10-12-29(22,5)25(24)11-13-30(26,28)6/h18-19,22-28H,7-17H2,1-6H3/t18-,19+,22+,23+,24-,25+,26+,27+,28+,29+,30+,31-/m1/s1. The summed E-state index contributed by atoms with van der Waals surface area (Å²) in [5, 5.41) is 0. The molecule has 0 radical (unpaired) electrons. The van der Waals surface area contributed by atoms with E-state index in [0.29, 0.717) is 40.6 Å². The molecule has 4 aliphatic carbocycles. The zero-order chi connectivity index (χ0) is 25.6. The molecule has 5 nitrogen and oxygen atoms in total. The van der Waals surface area contributed by atoms with Crippen LogP contribution in [0.4, 0.5) is 0 Å². The lowest BCUT2D eigenvalue weighted by Crippen LogP contribution is -2.60. The maximum Gasteiger partial charge on any atom is 0.302 e. The fraction of sp³-hybridized carbons (Fsp3) is 0.935. The molecule has 0 N–H and O–H groups in total. The molecule has 6 aliphatic rings. The van der Waals surface area contributed by atoms with Crippen molar-refractivity contribution in [3.05, 3.63) is 0 Å². The van der Waals surface area contributed by atoms with Crippen molar-refractivity contribution in [2.45, 2.75) is 124 Å². The highest BCUT2D eigenvalue weighted by atomic mass is 16.5. The summed E-state index contributed by atoms with van der Waals surface area (Å²) in [6, 6.07) is 0. The summed E-state index contributed by atoms with van der Waals surface area (Å²) in [7, 11) is 0. The van der Waals surface area contributed by atoms with Gasteiger partial charge >= 0.3 is 5.97 Å². The van der Waals surface area contributed by atoms with Crippen molar-refractivity contribution in [2.75, 3.05) is 6.54 Å². The Morgan fingerprint density at radius 1 is 0.889 bits per heavy atom. The van der Waals surface area contributed by atoms with E-state index in [1.165, 1.54) is 38.5 Å². The molecular formula is C31H49NO4. The molecule has 2 aliphatic heterocycles. The average Bonchev–Trinajstić information content (AvgIpc) is 3.26. The Morgan fingerprint density at radius 3 is 2.36 bits per heavy atom. The molecule has 1 spiro atoms. The van der Waals surface area contributed by atoms with Gasteiger partial charge in [-0.2, -0.15) is 0 Å². The van der Waals surface area contributed by atoms with Gasteiger partial charge in [-0.15, -0.1) is 0 Å². The SMILES string of the molecule is CC(=O)O[C@H]1CC[C@@]2(C)[C@@H](CC[C@@H]3[C@@H]2CC[C@]2(C)[C@@H]4[C@H](C[C@@H]32)O[C@]2(CC[C@@H](C)CN2C(C)=O)[C@H]4C)C1. The quantitative estimate of drug-likeness (QED) is 0.403. The van der Waals surface area contributed by atoms with Crippen LogP contribution in [-0.2, 0) is 19.1 Å². The molecule has 12 atom stereocenters. The van der Waals surface area contributed by atoms with E-state index in [1.807, 2.05) is 0 Å². The van der Waals surface area contributed by atoms with Crippen molar-refractivity contribution in [3.63, 3.8) is 0 Å². The summed E-state index contributed by atoms with van der Waals surface area (Å²) in [6.07, 6.45) is 12.3. The highest BCUT2D eigenvalue weighted by Gasteiger charge is 2.70. The number of rotatable bonds is 1. The topological polar surface area (TPSA) is 55.8 Å². The van der Waals surface area contributed by atoms with Crippen LogP contribution in [0.3, 0.4) is 0 Å². The van der Waals surface area contributed by atoms with Gasteiger partial charge in [0.1, 0.15) is 11.8 Å². The minimum Gasteiger partial charge on any atom is -0.463 e. The molecule has 6 rings (SSSR count). The lowest BCUT2D eigenvalue weighted by Gasteiger charge is -2.61. The summed E-state index contributed by atoms with van der Waals surface area (Å²) in [5.74, 6) is 4.60. The second kappa shape index (κ2) is 8.45. The number of carbonyl (C=O) groups is 2. The van der Waals surface area contributed by atoms with E-state index in [1.54, 1.807) is 13.8 Å². The summed E-state index contributed by atoms with van der Waals surface area (Å²) in [6.45, 7) is 14.0. The Kier molecular flexibility index (Phi) is 5.91. The number of esters is 1. The van der Waals surface area contributed by atoms with E-state index in [4.69, 9.17) is 9.47 Å². The Hall–Kier alpha value is -1.10. The van der Waals surface area contributed by atoms with Crippen molar-refractivity contribution in [2.24, 2.45) is 52.3 Å². The lowest BCUT2D eigenvalue weighted by atomic mass is 9.44. The van der Waals surface area contributed by atoms with Gasteiger partial charge in [0.05, 0.1) is 6.10 Å². The van der Waals surface area contributed by atoms with Gasteiger partial charge in [-0.25, -0.2) is 0 Å². The van der Waals surface area contributed by atoms with Crippen molar-refractivity contribution < 1.29 is 19.1 Å². The first kappa shape index (κ1) is 25.2. The van der Waals surface area contributed by atoms with Crippen LogP contribution in [0.15, 0.2) is 0 Å². The molecule has 6 fully saturated rings. The largest absolute Gasteiger partial charge is 0.463 e. The van der Waals surface area contributed by atoms with Crippen LogP contribution in [0.2, 0.25) is 0 Å². The number of hydrogen-bond donors (Lipinski definition) is 0. The molecular weight excluding hydrogens is 450 g/mol. The number of amides is 1. The molecule has 1 amide bonds. The normalized spacial score (nSPS) is 53.8. The zero-order valence-corrected chi connectivity index (χ0v) is 23.6. The molecule has 0 aromatic heterocycles. The number of nitrogens with zero attached hydrogens (tertiary/aromatic N) is 1. The average molecular weight is 500 g/mol. The van der Waals surface area contributed by atoms with Gasteiger partial charge in [-0.1, -0.05) is 27.7 Å². The third kappa shape index (κ3) is 3.42. The van der Waals surface area contributed by atoms with Crippen molar-refractivity contribution in [1.29, 1.82) is 0 Å². The van der Waals surface area contributed by atoms with Gasteiger partial charge in [-0.3, -0.25) is 9.59 Å². The van der Waals surface area contributed by atoms with Crippen LogP contribution in [0.25, 0.3) is 0 Å². The molecule has 36 heavy (non-hydrogen) atoms. The molecule has 0 aromatic carbocycles. The second-order valence-corrected chi connectivity index (χ2v) is 14.5. The zero-order valence-electron chi connectivity index (χ0n) is 23.6. The minimum absolute atomic E-state index is 0.120. The third-order valence-corrected chi connectivity index (χ3v) is 13.0. The molecule has 0 bridgehead atoms. The van der Waals surface area contributed by atoms with Crippen molar-refractivity contribution >= 4 is 11.9 Å². The van der Waals surface area contributed by atoms with Gasteiger partial charge in [0, 0.05) is 26.3 Å². The monoisotopic (exact) mass is 499 g/mol. The van der Waals surface area contributed by atoms with Crippen molar-refractivity contribution in [1.82, 2.24) is 4.90 Å². The molecule has 2 heterocycles. The number of fused-ring (bicyclic) bond motifs is 7. The first-order valence-electron chi connectivity index (χ1n) is 15.1. The first-order chi connectivity index (χ1) is 17.0. The number of carbonyl (C=O) groups excluding carboxylic acids is 2.